The molecule has 1 aliphatic carbocycles. The molecular weight excluding hydrogens is 268 g/mol. The zero-order valence-corrected chi connectivity index (χ0v) is 9.57. The zero-order valence-electron chi connectivity index (χ0n) is 7.17. The Labute approximate surface area is 89.0 Å². The molecule has 4 bridgehead atoms. The van der Waals surface area contributed by atoms with Crippen LogP contribution in [0.25, 0.3) is 10.7 Å². The van der Waals surface area contributed by atoms with Gasteiger partial charge in [-0.1, -0.05) is 15.9 Å². The first-order valence-electron chi connectivity index (χ1n) is 4.00. The third-order valence-corrected chi connectivity index (χ3v) is 4.31. The van der Waals surface area contributed by atoms with Crippen LogP contribution in [-0.2, 0) is 14.3 Å². The Bertz CT molecular complexity index is 686. The van der Waals surface area contributed by atoms with Crippen LogP contribution in [0.3, 0.4) is 0 Å². The Morgan fingerprint density at radius 1 is 1.36 bits per heavy atom. The number of benzene rings is 1. The molecule has 1 heterocycles. The van der Waals surface area contributed by atoms with Gasteiger partial charge in [0.05, 0.1) is 4.91 Å². The zero-order chi connectivity index (χ0) is 10.1. The van der Waals surface area contributed by atoms with Gasteiger partial charge in [0, 0.05) is 20.5 Å². The molecule has 0 radical (unpaired) electrons. The van der Waals surface area contributed by atoms with Crippen LogP contribution in [0, 0.1) is 0 Å². The molecule has 0 atom stereocenters. The van der Waals surface area contributed by atoms with E-state index in [0.717, 1.165) is 20.5 Å². The largest absolute Gasteiger partial charge is 0.378 e. The van der Waals surface area contributed by atoms with E-state index in [1.807, 2.05) is 12.1 Å². The summed E-state index contributed by atoms with van der Waals surface area (Å²) in [5.74, 6) is 0.494. The Kier molecular flexibility index (Phi) is 1.35. The highest BCUT2D eigenvalue weighted by Gasteiger charge is 2.34. The minimum atomic E-state index is -3.48. The predicted octanol–water partition coefficient (Wildman–Crippen LogP) is 0.407. The molecule has 0 fully saturated rings. The second kappa shape index (κ2) is 2.23. The van der Waals surface area contributed by atoms with Crippen molar-refractivity contribution in [2.75, 3.05) is 0 Å². The van der Waals surface area contributed by atoms with Crippen molar-refractivity contribution in [3.05, 3.63) is 32.6 Å². The number of hydrogen-bond donors (Lipinski definition) is 0. The first kappa shape index (κ1) is 8.49. The van der Waals surface area contributed by atoms with E-state index in [1.165, 1.54) is 0 Å². The minimum absolute atomic E-state index is 0.310. The molecule has 1 aliphatic heterocycles. The fourth-order valence-corrected chi connectivity index (χ4v) is 3.27. The molecule has 0 amide bonds. The lowest BCUT2D eigenvalue weighted by Crippen LogP contribution is -2.48. The summed E-state index contributed by atoms with van der Waals surface area (Å²) in [7, 11) is -3.48. The summed E-state index contributed by atoms with van der Waals surface area (Å²) >= 11 is 3.34. The van der Waals surface area contributed by atoms with Crippen LogP contribution in [0.2, 0.25) is 0 Å². The number of rotatable bonds is 0. The van der Waals surface area contributed by atoms with Crippen molar-refractivity contribution in [2.24, 2.45) is 0 Å². The topological polar surface area (TPSA) is 43.4 Å². The molecule has 1 aromatic rings. The van der Waals surface area contributed by atoms with E-state index in [9.17, 15) is 8.42 Å². The van der Waals surface area contributed by atoms with Gasteiger partial charge in [-0.3, -0.25) is 0 Å². The molecule has 0 unspecified atom stereocenters. The van der Waals surface area contributed by atoms with Crippen molar-refractivity contribution in [3.8, 4) is 0 Å². The summed E-state index contributed by atoms with van der Waals surface area (Å²) < 4.78 is 28.6. The van der Waals surface area contributed by atoms with Gasteiger partial charge in [-0.05, 0) is 19.1 Å². The molecule has 0 saturated carbocycles. The molecule has 0 N–H and O–H groups in total. The van der Waals surface area contributed by atoms with E-state index in [4.69, 9.17) is 4.18 Å². The standard InChI is InChI=1S/C9H5BrO3S/c1-4-8-6-2-5(10)3-7(8)9(6)13-14(4,11)12/h2-3H,1H3. The molecule has 3 rings (SSSR count). The fourth-order valence-electron chi connectivity index (χ4n) is 1.81. The first-order valence-corrected chi connectivity index (χ1v) is 6.20. The van der Waals surface area contributed by atoms with Crippen molar-refractivity contribution < 1.29 is 12.6 Å². The van der Waals surface area contributed by atoms with Gasteiger partial charge in [0.1, 0.15) is 0 Å². The summed E-state index contributed by atoms with van der Waals surface area (Å²) in [5.41, 5.74) is 0.890. The van der Waals surface area contributed by atoms with Crippen molar-refractivity contribution in [1.82, 2.24) is 0 Å². The van der Waals surface area contributed by atoms with E-state index >= 15 is 0 Å². The van der Waals surface area contributed by atoms with Gasteiger partial charge in [-0.25, -0.2) is 0 Å². The van der Waals surface area contributed by atoms with Gasteiger partial charge in [0.15, 0.2) is 5.76 Å². The highest BCUT2D eigenvalue weighted by atomic mass is 79.9. The van der Waals surface area contributed by atoms with Crippen LogP contribution < -0.4 is 10.4 Å². The van der Waals surface area contributed by atoms with Crippen molar-refractivity contribution in [1.29, 1.82) is 0 Å². The molecule has 0 aromatic heterocycles. The molecule has 1 aromatic carbocycles. The first-order chi connectivity index (χ1) is 6.50. The summed E-state index contributed by atoms with van der Waals surface area (Å²) in [5, 5.41) is 1.70. The maximum Gasteiger partial charge on any atom is 0.335 e. The molecule has 2 aliphatic rings. The van der Waals surface area contributed by atoms with E-state index in [-0.39, 0.29) is 0 Å². The van der Waals surface area contributed by atoms with E-state index in [2.05, 4.69) is 15.9 Å². The quantitative estimate of drug-likeness (QED) is 0.643. The van der Waals surface area contributed by atoms with Crippen LogP contribution in [0.1, 0.15) is 12.5 Å². The van der Waals surface area contributed by atoms with Crippen LogP contribution in [0.5, 0.6) is 0 Å². The molecule has 72 valence electrons. The number of halogens is 1. The highest BCUT2D eigenvalue weighted by molar-refractivity contribution is 9.10. The van der Waals surface area contributed by atoms with Gasteiger partial charge in [-0.2, -0.15) is 8.42 Å². The molecular formula is C9H5BrO3S. The maximum absolute atomic E-state index is 11.4. The second-order valence-electron chi connectivity index (χ2n) is 3.30. The normalized spacial score (nSPS) is 20.1. The third kappa shape index (κ3) is 0.797. The van der Waals surface area contributed by atoms with E-state index < -0.39 is 10.1 Å². The highest BCUT2D eigenvalue weighted by Crippen LogP contribution is 2.28. The van der Waals surface area contributed by atoms with Crippen molar-refractivity contribution >= 4 is 36.7 Å². The molecule has 0 spiro atoms. The summed E-state index contributed by atoms with van der Waals surface area (Å²) in [6.45, 7) is 1.57. The lowest BCUT2D eigenvalue weighted by molar-refractivity contribution is 0.464. The third-order valence-electron chi connectivity index (χ3n) is 2.51. The Morgan fingerprint density at radius 2 is 2.07 bits per heavy atom. The molecule has 5 heteroatoms. The van der Waals surface area contributed by atoms with Gasteiger partial charge in [0.25, 0.3) is 0 Å². The fraction of sp³-hybridized carbons (Fsp3) is 0.111. The average Bonchev–Trinajstić information content (AvgIpc) is 2.10. The summed E-state index contributed by atoms with van der Waals surface area (Å²) in [4.78, 5) is 0.310. The number of hydrogen-bond acceptors (Lipinski definition) is 3. The SMILES string of the molecule is CC1=c2c3cc(Br)cc2=C3OS1(=O)=O. The van der Waals surface area contributed by atoms with Gasteiger partial charge in [0.2, 0.25) is 0 Å². The van der Waals surface area contributed by atoms with Crippen LogP contribution in [-0.4, -0.2) is 8.42 Å². The van der Waals surface area contributed by atoms with Crippen LogP contribution in [0.15, 0.2) is 16.6 Å². The predicted molar refractivity (Wildman–Crippen MR) is 55.0 cm³/mol. The van der Waals surface area contributed by atoms with E-state index in [0.29, 0.717) is 10.7 Å². The maximum atomic E-state index is 11.4. The smallest absolute Gasteiger partial charge is 0.335 e. The Hall–Kier alpha value is -0.810. The van der Waals surface area contributed by atoms with Gasteiger partial charge in [-0.15, -0.1) is 0 Å². The molecule has 3 nitrogen and oxygen atoms in total. The van der Waals surface area contributed by atoms with Crippen LogP contribution in [0.4, 0.5) is 0 Å². The summed E-state index contributed by atoms with van der Waals surface area (Å²) in [6, 6.07) is 3.74. The second-order valence-corrected chi connectivity index (χ2v) is 5.90. The molecule has 14 heavy (non-hydrogen) atoms. The monoisotopic (exact) mass is 272 g/mol. The summed E-state index contributed by atoms with van der Waals surface area (Å²) in [6.07, 6.45) is 0. The Balaban J connectivity index is 2.59. The van der Waals surface area contributed by atoms with Crippen LogP contribution >= 0.6 is 15.9 Å². The lowest BCUT2D eigenvalue weighted by atomic mass is 9.97. The van der Waals surface area contributed by atoms with Gasteiger partial charge >= 0.3 is 10.1 Å². The lowest BCUT2D eigenvalue weighted by Gasteiger charge is -2.25. The molecule has 0 saturated heterocycles. The Morgan fingerprint density at radius 3 is 2.57 bits per heavy atom. The van der Waals surface area contributed by atoms with Crippen molar-refractivity contribution in [2.45, 2.75) is 6.92 Å². The minimum Gasteiger partial charge on any atom is -0.378 e. The van der Waals surface area contributed by atoms with Crippen molar-refractivity contribution in [3.63, 3.8) is 0 Å². The van der Waals surface area contributed by atoms with Gasteiger partial charge < -0.3 is 4.18 Å². The van der Waals surface area contributed by atoms with E-state index in [1.54, 1.807) is 6.92 Å². The average molecular weight is 273 g/mol.